The maximum Gasteiger partial charge on any atom is 0.220 e. The predicted molar refractivity (Wildman–Crippen MR) is 121 cm³/mol. The Morgan fingerprint density at radius 3 is 2.14 bits per heavy atom. The van der Waals surface area contributed by atoms with Gasteiger partial charge in [0.05, 0.1) is 0 Å². The van der Waals surface area contributed by atoms with Gasteiger partial charge in [-0.2, -0.15) is 0 Å². The lowest BCUT2D eigenvalue weighted by molar-refractivity contribution is -0.124. The molecule has 4 nitrogen and oxygen atoms in total. The molecule has 0 saturated carbocycles. The molecule has 0 aliphatic heterocycles. The van der Waals surface area contributed by atoms with Gasteiger partial charge in [0.2, 0.25) is 11.8 Å². The average Bonchev–Trinajstić information content (AvgIpc) is 2.68. The van der Waals surface area contributed by atoms with Crippen molar-refractivity contribution in [2.75, 3.05) is 6.54 Å². The molecule has 29 heavy (non-hydrogen) atoms. The summed E-state index contributed by atoms with van der Waals surface area (Å²) in [5.74, 6) is -0.438. The fourth-order valence-corrected chi connectivity index (χ4v) is 2.24. The summed E-state index contributed by atoms with van der Waals surface area (Å²) in [5, 5.41) is 5.67. The van der Waals surface area contributed by atoms with Crippen molar-refractivity contribution in [2.24, 2.45) is 5.41 Å². The van der Waals surface area contributed by atoms with Gasteiger partial charge >= 0.3 is 0 Å². The highest BCUT2D eigenvalue weighted by Crippen LogP contribution is 2.23. The molecule has 0 saturated heterocycles. The van der Waals surface area contributed by atoms with Crippen LogP contribution in [0.15, 0.2) is 24.3 Å². The van der Waals surface area contributed by atoms with Crippen LogP contribution in [0.4, 0.5) is 4.39 Å². The molecule has 0 radical (unpaired) electrons. The Hall–Kier alpha value is -1.91. The van der Waals surface area contributed by atoms with Gasteiger partial charge in [0.15, 0.2) is 0 Å². The van der Waals surface area contributed by atoms with E-state index in [2.05, 4.69) is 45.3 Å². The van der Waals surface area contributed by atoms with E-state index in [1.54, 1.807) is 18.2 Å². The monoisotopic (exact) mass is 410 g/mol. The van der Waals surface area contributed by atoms with E-state index < -0.39 is 0 Å². The Labute approximate surface area is 178 Å². The number of benzene rings is 1. The third-order valence-electron chi connectivity index (χ3n) is 4.19. The van der Waals surface area contributed by atoms with E-state index in [0.717, 1.165) is 6.42 Å². The minimum absolute atomic E-state index is 0.00527. The second-order valence-electron chi connectivity index (χ2n) is 7.77. The highest BCUT2D eigenvalue weighted by atomic mass is 19.1. The van der Waals surface area contributed by atoms with Crippen LogP contribution in [0.2, 0.25) is 0 Å². The first kappa shape index (κ1) is 29.3. The largest absolute Gasteiger partial charge is 0.354 e. The summed E-state index contributed by atoms with van der Waals surface area (Å²) >= 11 is 0. The van der Waals surface area contributed by atoms with Crippen molar-refractivity contribution in [1.82, 2.24) is 10.6 Å². The van der Waals surface area contributed by atoms with E-state index in [-0.39, 0.29) is 35.5 Å². The van der Waals surface area contributed by atoms with Crippen LogP contribution >= 0.6 is 0 Å². The fraction of sp³-hybridized carbons (Fsp3) is 0.667. The number of hydrogen-bond donors (Lipinski definition) is 2. The summed E-state index contributed by atoms with van der Waals surface area (Å²) in [6, 6.07) is 6.30. The maximum absolute atomic E-state index is 13.5. The van der Waals surface area contributed by atoms with Gasteiger partial charge in [0.1, 0.15) is 5.82 Å². The van der Waals surface area contributed by atoms with E-state index in [1.165, 1.54) is 12.5 Å². The standard InChI is InChI=1S/C19H29FN2O2.C3H8.C2H6/c1-5-19(3,4)12-18(24)21-13-14(2)22-17(23)11-10-15-8-6-7-9-16(15)20;1-3-2;1-2/h6-9,14H,5,10-13H2,1-4H3,(H,21,24)(H,22,23);3H2,1-2H3;1-2H3/t14-;;/m1../s1. The van der Waals surface area contributed by atoms with Gasteiger partial charge in [0.25, 0.3) is 0 Å². The van der Waals surface area contributed by atoms with Gasteiger partial charge in [-0.25, -0.2) is 4.39 Å². The number of carbonyl (C=O) groups excluding carboxylic acids is 2. The van der Waals surface area contributed by atoms with Gasteiger partial charge < -0.3 is 10.6 Å². The Morgan fingerprint density at radius 2 is 1.62 bits per heavy atom. The zero-order valence-electron chi connectivity index (χ0n) is 19.8. The summed E-state index contributed by atoms with van der Waals surface area (Å²) < 4.78 is 13.5. The number of hydrogen-bond acceptors (Lipinski definition) is 2. The number of nitrogens with one attached hydrogen (secondary N) is 2. The molecule has 1 atom stereocenters. The van der Waals surface area contributed by atoms with Crippen LogP contribution in [-0.2, 0) is 16.0 Å². The quantitative estimate of drug-likeness (QED) is 0.553. The lowest BCUT2D eigenvalue weighted by atomic mass is 9.86. The van der Waals surface area contributed by atoms with E-state index in [1.807, 2.05) is 20.8 Å². The second kappa shape index (κ2) is 17.0. The lowest BCUT2D eigenvalue weighted by Crippen LogP contribution is -2.42. The normalized spacial score (nSPS) is 11.2. The minimum Gasteiger partial charge on any atom is -0.354 e. The third kappa shape index (κ3) is 15.7. The van der Waals surface area contributed by atoms with Gasteiger partial charge in [-0.15, -0.1) is 0 Å². The van der Waals surface area contributed by atoms with Crippen LogP contribution in [0.1, 0.15) is 86.6 Å². The van der Waals surface area contributed by atoms with Gasteiger partial charge in [0, 0.05) is 25.4 Å². The van der Waals surface area contributed by atoms with Crippen molar-refractivity contribution in [3.8, 4) is 0 Å². The molecule has 0 fully saturated rings. The van der Waals surface area contributed by atoms with Gasteiger partial charge in [-0.1, -0.05) is 79.5 Å². The molecule has 168 valence electrons. The number of rotatable bonds is 9. The fourth-order valence-electron chi connectivity index (χ4n) is 2.24. The van der Waals surface area contributed by atoms with E-state index in [0.29, 0.717) is 24.9 Å². The van der Waals surface area contributed by atoms with Crippen molar-refractivity contribution in [1.29, 1.82) is 0 Å². The van der Waals surface area contributed by atoms with Gasteiger partial charge in [-0.05, 0) is 30.4 Å². The molecule has 2 amide bonds. The molecule has 1 aromatic rings. The number of halogens is 1. The summed E-state index contributed by atoms with van der Waals surface area (Å²) in [5.41, 5.74) is 0.520. The first-order valence-electron chi connectivity index (χ1n) is 10.9. The molecule has 0 aliphatic carbocycles. The lowest BCUT2D eigenvalue weighted by Gasteiger charge is -2.22. The van der Waals surface area contributed by atoms with Crippen LogP contribution in [0.25, 0.3) is 0 Å². The van der Waals surface area contributed by atoms with Gasteiger partial charge in [-0.3, -0.25) is 9.59 Å². The highest BCUT2D eigenvalue weighted by Gasteiger charge is 2.20. The predicted octanol–water partition coefficient (Wildman–Crippen LogP) is 5.65. The average molecular weight is 411 g/mol. The molecular formula is C24H43FN2O2. The second-order valence-corrected chi connectivity index (χ2v) is 7.77. The minimum atomic E-state index is -0.288. The van der Waals surface area contributed by atoms with Crippen molar-refractivity contribution >= 4 is 11.8 Å². The van der Waals surface area contributed by atoms with E-state index in [4.69, 9.17) is 0 Å². The van der Waals surface area contributed by atoms with Crippen LogP contribution in [0.3, 0.4) is 0 Å². The molecule has 2 N–H and O–H groups in total. The zero-order valence-corrected chi connectivity index (χ0v) is 19.8. The SMILES string of the molecule is CC.CCC.CCC(C)(C)CC(=O)NC[C@@H](C)NC(=O)CCc1ccccc1F. The topological polar surface area (TPSA) is 58.2 Å². The smallest absolute Gasteiger partial charge is 0.220 e. The summed E-state index contributed by atoms with van der Waals surface area (Å²) in [6.07, 6.45) is 3.24. The number of amides is 2. The maximum atomic E-state index is 13.5. The summed E-state index contributed by atoms with van der Waals surface area (Å²) in [4.78, 5) is 23.8. The van der Waals surface area contributed by atoms with Crippen LogP contribution < -0.4 is 10.6 Å². The van der Waals surface area contributed by atoms with Crippen LogP contribution in [0.5, 0.6) is 0 Å². The van der Waals surface area contributed by atoms with Crippen LogP contribution in [-0.4, -0.2) is 24.4 Å². The molecule has 0 heterocycles. The first-order valence-corrected chi connectivity index (χ1v) is 10.9. The van der Waals surface area contributed by atoms with E-state index in [9.17, 15) is 14.0 Å². The zero-order chi connectivity index (χ0) is 22.9. The highest BCUT2D eigenvalue weighted by molar-refractivity contribution is 5.77. The Kier molecular flexibility index (Phi) is 17.2. The molecular weight excluding hydrogens is 367 g/mol. The van der Waals surface area contributed by atoms with Crippen LogP contribution in [0, 0.1) is 11.2 Å². The van der Waals surface area contributed by atoms with Crippen molar-refractivity contribution < 1.29 is 14.0 Å². The summed E-state index contributed by atoms with van der Waals surface area (Å²) in [7, 11) is 0. The molecule has 1 rings (SSSR count). The number of aryl methyl sites for hydroxylation is 1. The molecule has 0 aliphatic rings. The molecule has 0 aromatic heterocycles. The first-order chi connectivity index (χ1) is 13.6. The molecule has 0 unspecified atom stereocenters. The van der Waals surface area contributed by atoms with E-state index >= 15 is 0 Å². The Balaban J connectivity index is 0. The van der Waals surface area contributed by atoms with Crippen molar-refractivity contribution in [3.63, 3.8) is 0 Å². The number of carbonyl (C=O) groups is 2. The summed E-state index contributed by atoms with van der Waals surface area (Å²) in [6.45, 7) is 16.7. The Bertz CT molecular complexity index is 574. The molecule has 0 bridgehead atoms. The third-order valence-corrected chi connectivity index (χ3v) is 4.19. The van der Waals surface area contributed by atoms with Crippen molar-refractivity contribution in [3.05, 3.63) is 35.6 Å². The molecule has 1 aromatic carbocycles. The molecule has 5 heteroatoms. The Morgan fingerprint density at radius 1 is 1.07 bits per heavy atom. The van der Waals surface area contributed by atoms with Crippen molar-refractivity contribution in [2.45, 2.75) is 93.5 Å². The molecule has 0 spiro atoms.